The van der Waals surface area contributed by atoms with Gasteiger partial charge in [-0.3, -0.25) is 4.79 Å². The van der Waals surface area contributed by atoms with Crippen LogP contribution in [-0.4, -0.2) is 24.4 Å². The lowest BCUT2D eigenvalue weighted by molar-refractivity contribution is 0.0785. The van der Waals surface area contributed by atoms with Crippen LogP contribution in [0.2, 0.25) is 0 Å². The van der Waals surface area contributed by atoms with E-state index in [0.717, 1.165) is 42.4 Å². The monoisotopic (exact) mass is 376 g/mol. The molecule has 0 aromatic heterocycles. The van der Waals surface area contributed by atoms with Crippen molar-refractivity contribution in [3.8, 4) is 6.07 Å². The summed E-state index contributed by atoms with van der Waals surface area (Å²) in [4.78, 5) is 15.0. The van der Waals surface area contributed by atoms with Crippen LogP contribution in [0.3, 0.4) is 0 Å². The van der Waals surface area contributed by atoms with Crippen LogP contribution in [0.1, 0.15) is 57.8 Å². The highest BCUT2D eigenvalue weighted by Gasteiger charge is 2.23. The fourth-order valence-electron chi connectivity index (χ4n) is 3.99. The third-order valence-electron chi connectivity index (χ3n) is 5.46. The molecule has 144 valence electrons. The summed E-state index contributed by atoms with van der Waals surface area (Å²) < 4.78 is 13.3. The van der Waals surface area contributed by atoms with Crippen molar-refractivity contribution in [1.29, 1.82) is 5.26 Å². The van der Waals surface area contributed by atoms with Gasteiger partial charge in [0.25, 0.3) is 5.91 Å². The van der Waals surface area contributed by atoms with Crippen LogP contribution < -0.4 is 0 Å². The Labute approximate surface area is 166 Å². The van der Waals surface area contributed by atoms with Crippen LogP contribution in [0.15, 0.2) is 49.1 Å². The van der Waals surface area contributed by atoms with Gasteiger partial charge in [0.1, 0.15) is 5.82 Å². The van der Waals surface area contributed by atoms with Gasteiger partial charge in [0.15, 0.2) is 0 Å². The van der Waals surface area contributed by atoms with Gasteiger partial charge in [-0.15, -0.1) is 6.58 Å². The van der Waals surface area contributed by atoms with Crippen LogP contribution >= 0.6 is 0 Å². The molecule has 0 aliphatic heterocycles. The molecule has 0 saturated heterocycles. The van der Waals surface area contributed by atoms with E-state index in [1.54, 1.807) is 30.1 Å². The Morgan fingerprint density at radius 2 is 2.00 bits per heavy atom. The van der Waals surface area contributed by atoms with Crippen LogP contribution in [0.5, 0.6) is 0 Å². The van der Waals surface area contributed by atoms with Crippen molar-refractivity contribution >= 4 is 5.91 Å². The summed E-state index contributed by atoms with van der Waals surface area (Å²) >= 11 is 0. The lowest BCUT2D eigenvalue weighted by Gasteiger charge is -2.26. The van der Waals surface area contributed by atoms with Crippen molar-refractivity contribution < 1.29 is 9.18 Å². The third-order valence-corrected chi connectivity index (χ3v) is 5.46. The molecule has 0 spiro atoms. The van der Waals surface area contributed by atoms with Gasteiger partial charge >= 0.3 is 0 Å². The number of likely N-dealkylation sites (N-methyl/N-ethyl adjacent to an activating group) is 1. The molecule has 1 atom stereocenters. The number of rotatable bonds is 6. The summed E-state index contributed by atoms with van der Waals surface area (Å²) in [6.07, 6.45) is 6.48. The first-order valence-corrected chi connectivity index (χ1v) is 9.71. The zero-order valence-corrected chi connectivity index (χ0v) is 16.2. The summed E-state index contributed by atoms with van der Waals surface area (Å²) in [5.41, 5.74) is 4.38. The topological polar surface area (TPSA) is 44.1 Å². The first-order valence-electron chi connectivity index (χ1n) is 9.71. The number of halogens is 1. The average Bonchev–Trinajstić information content (AvgIpc) is 2.72. The standard InChI is InChI=1S/C24H25FN2O/c1-3-6-20(18-9-11-21(25)12-10-18)16-27(2)24(28)23-14-17(15-26)13-19-7-4-5-8-22(19)23/h3,9-14,20H,1,4-8,16H2,2H3/t20-/m1/s1. The Hall–Kier alpha value is -2.93. The zero-order chi connectivity index (χ0) is 20.1. The maximum atomic E-state index is 13.3. The van der Waals surface area contributed by atoms with Crippen LogP contribution in [0, 0.1) is 17.1 Å². The first kappa shape index (κ1) is 19.8. The molecule has 3 nitrogen and oxygen atoms in total. The van der Waals surface area contributed by atoms with Crippen LogP contribution in [0.25, 0.3) is 0 Å². The minimum absolute atomic E-state index is 0.0435. The fraction of sp³-hybridized carbons (Fsp3) is 0.333. The molecule has 0 fully saturated rings. The number of carbonyl (C=O) groups excluding carboxylic acids is 1. The van der Waals surface area contributed by atoms with Crippen molar-refractivity contribution in [2.24, 2.45) is 0 Å². The predicted molar refractivity (Wildman–Crippen MR) is 109 cm³/mol. The molecule has 3 rings (SSSR count). The number of amides is 1. The summed E-state index contributed by atoms with van der Waals surface area (Å²) in [5, 5.41) is 9.35. The quantitative estimate of drug-likeness (QED) is 0.665. The van der Waals surface area contributed by atoms with E-state index in [2.05, 4.69) is 12.6 Å². The molecule has 4 heteroatoms. The first-order chi connectivity index (χ1) is 13.5. The molecule has 1 amide bonds. The number of allylic oxidation sites excluding steroid dienone is 1. The van der Waals surface area contributed by atoms with Gasteiger partial charge in [-0.1, -0.05) is 18.2 Å². The predicted octanol–water partition coefficient (Wildman–Crippen LogP) is 5.01. The second-order valence-corrected chi connectivity index (χ2v) is 7.44. The second kappa shape index (κ2) is 8.84. The maximum absolute atomic E-state index is 13.3. The smallest absolute Gasteiger partial charge is 0.253 e. The zero-order valence-electron chi connectivity index (χ0n) is 16.2. The Balaban J connectivity index is 1.86. The number of nitrogens with zero attached hydrogens (tertiary/aromatic N) is 2. The van der Waals surface area contributed by atoms with E-state index in [1.807, 2.05) is 12.1 Å². The minimum Gasteiger partial charge on any atom is -0.341 e. The van der Waals surface area contributed by atoms with Gasteiger partial charge < -0.3 is 4.90 Å². The van der Waals surface area contributed by atoms with E-state index in [0.29, 0.717) is 24.1 Å². The number of nitriles is 1. The maximum Gasteiger partial charge on any atom is 0.253 e. The SMILES string of the molecule is C=CC[C@H](CN(C)C(=O)c1cc(C#N)cc2c1CCCC2)c1ccc(F)cc1. The summed E-state index contributed by atoms with van der Waals surface area (Å²) in [7, 11) is 1.79. The number of fused-ring (bicyclic) bond motifs is 1. The van der Waals surface area contributed by atoms with Gasteiger partial charge in [0.05, 0.1) is 11.6 Å². The van der Waals surface area contributed by atoms with E-state index < -0.39 is 0 Å². The van der Waals surface area contributed by atoms with Gasteiger partial charge in [-0.25, -0.2) is 4.39 Å². The highest BCUT2D eigenvalue weighted by Crippen LogP contribution is 2.28. The molecule has 0 heterocycles. The third kappa shape index (κ3) is 4.31. The minimum atomic E-state index is -0.273. The molecule has 2 aromatic rings. The van der Waals surface area contributed by atoms with E-state index in [9.17, 15) is 14.4 Å². The van der Waals surface area contributed by atoms with Gasteiger partial charge in [-0.2, -0.15) is 5.26 Å². The number of aryl methyl sites for hydroxylation is 1. The summed E-state index contributed by atoms with van der Waals surface area (Å²) in [6.45, 7) is 4.32. The van der Waals surface area contributed by atoms with Gasteiger partial charge in [0, 0.05) is 25.1 Å². The Kier molecular flexibility index (Phi) is 6.26. The second-order valence-electron chi connectivity index (χ2n) is 7.44. The van der Waals surface area contributed by atoms with Crippen molar-refractivity contribution in [1.82, 2.24) is 4.90 Å². The normalized spacial score (nSPS) is 13.9. The highest BCUT2D eigenvalue weighted by atomic mass is 19.1. The van der Waals surface area contributed by atoms with Crippen molar-refractivity contribution in [2.75, 3.05) is 13.6 Å². The molecule has 0 radical (unpaired) electrons. The van der Waals surface area contributed by atoms with Crippen molar-refractivity contribution in [3.63, 3.8) is 0 Å². The number of carbonyl (C=O) groups is 1. The molecular weight excluding hydrogens is 351 g/mol. The molecule has 2 aromatic carbocycles. The van der Waals surface area contributed by atoms with E-state index in [4.69, 9.17) is 0 Å². The van der Waals surface area contributed by atoms with Crippen molar-refractivity contribution in [3.05, 3.63) is 82.7 Å². The molecule has 1 aliphatic carbocycles. The molecule has 0 N–H and O–H groups in total. The lowest BCUT2D eigenvalue weighted by Crippen LogP contribution is -2.32. The molecule has 28 heavy (non-hydrogen) atoms. The summed E-state index contributed by atoms with van der Waals surface area (Å²) in [5.74, 6) is -0.293. The lowest BCUT2D eigenvalue weighted by atomic mass is 9.86. The molecule has 0 saturated carbocycles. The van der Waals surface area contributed by atoms with E-state index >= 15 is 0 Å². The van der Waals surface area contributed by atoms with Gasteiger partial charge in [0.2, 0.25) is 0 Å². The highest BCUT2D eigenvalue weighted by molar-refractivity contribution is 5.96. The number of hydrogen-bond acceptors (Lipinski definition) is 2. The fourth-order valence-corrected chi connectivity index (χ4v) is 3.99. The largest absolute Gasteiger partial charge is 0.341 e. The van der Waals surface area contributed by atoms with E-state index in [1.165, 1.54) is 12.1 Å². The van der Waals surface area contributed by atoms with Crippen LogP contribution in [0.4, 0.5) is 4.39 Å². The molecular formula is C24H25FN2O. The van der Waals surface area contributed by atoms with Gasteiger partial charge in [-0.05, 0) is 73.1 Å². The average molecular weight is 376 g/mol. The number of hydrogen-bond donors (Lipinski definition) is 0. The van der Waals surface area contributed by atoms with E-state index in [-0.39, 0.29) is 17.6 Å². The van der Waals surface area contributed by atoms with Crippen LogP contribution in [-0.2, 0) is 12.8 Å². The Morgan fingerprint density at radius 1 is 1.29 bits per heavy atom. The molecule has 1 aliphatic rings. The Bertz CT molecular complexity index is 911. The number of benzene rings is 2. The summed E-state index contributed by atoms with van der Waals surface area (Å²) in [6, 6.07) is 12.2. The molecule has 0 unspecified atom stereocenters. The Morgan fingerprint density at radius 3 is 2.68 bits per heavy atom. The molecule has 0 bridgehead atoms. The van der Waals surface area contributed by atoms with Crippen molar-refractivity contribution in [2.45, 2.75) is 38.0 Å².